The van der Waals surface area contributed by atoms with Crippen LogP contribution in [0.5, 0.6) is 0 Å². The van der Waals surface area contributed by atoms with Gasteiger partial charge >= 0.3 is 0 Å². The van der Waals surface area contributed by atoms with Crippen LogP contribution in [0, 0.1) is 0 Å². The summed E-state index contributed by atoms with van der Waals surface area (Å²) in [5.41, 5.74) is 0.739. The molecule has 0 radical (unpaired) electrons. The molecule has 0 amide bonds. The second-order valence-corrected chi connectivity index (χ2v) is 6.31. The van der Waals surface area contributed by atoms with Crippen molar-refractivity contribution in [3.63, 3.8) is 0 Å². The van der Waals surface area contributed by atoms with Crippen LogP contribution < -0.4 is 4.72 Å². The molecule has 0 aliphatic heterocycles. The first-order valence-electron chi connectivity index (χ1n) is 6.33. The summed E-state index contributed by atoms with van der Waals surface area (Å²) in [4.78, 5) is 0.149. The van der Waals surface area contributed by atoms with Crippen molar-refractivity contribution >= 4 is 15.7 Å². The standard InChI is InChI=1S/C12H14N6O2S/c1-17-9-10(8-13-17)21(19,20)14-6-5-12-16-15-11-4-2-3-7-18(11)12/h2-4,7-9,14H,5-6H2,1H3. The molecular formula is C12H14N6O2S. The zero-order valence-corrected chi connectivity index (χ0v) is 12.2. The largest absolute Gasteiger partial charge is 0.286 e. The highest BCUT2D eigenvalue weighted by Crippen LogP contribution is 2.07. The van der Waals surface area contributed by atoms with E-state index in [1.54, 1.807) is 7.05 Å². The molecule has 3 aromatic rings. The van der Waals surface area contributed by atoms with E-state index in [0.29, 0.717) is 12.2 Å². The van der Waals surface area contributed by atoms with E-state index in [1.807, 2.05) is 28.8 Å². The number of nitrogens with zero attached hydrogens (tertiary/aromatic N) is 5. The van der Waals surface area contributed by atoms with Gasteiger partial charge in [-0.05, 0) is 12.1 Å². The molecule has 3 rings (SSSR count). The normalized spacial score (nSPS) is 12.0. The third kappa shape index (κ3) is 2.78. The molecule has 0 aromatic carbocycles. The summed E-state index contributed by atoms with van der Waals surface area (Å²) in [6.07, 6.45) is 5.06. The Bertz CT molecular complexity index is 867. The predicted molar refractivity (Wildman–Crippen MR) is 75.1 cm³/mol. The summed E-state index contributed by atoms with van der Waals surface area (Å²) < 4.78 is 29.9. The quantitative estimate of drug-likeness (QED) is 0.715. The molecule has 8 nitrogen and oxygen atoms in total. The minimum Gasteiger partial charge on any atom is -0.286 e. The van der Waals surface area contributed by atoms with Gasteiger partial charge in [-0.15, -0.1) is 10.2 Å². The summed E-state index contributed by atoms with van der Waals surface area (Å²) in [6.45, 7) is 0.243. The van der Waals surface area contributed by atoms with Crippen molar-refractivity contribution in [2.75, 3.05) is 6.54 Å². The number of sulfonamides is 1. The number of hydrogen-bond acceptors (Lipinski definition) is 5. The molecule has 0 fully saturated rings. The van der Waals surface area contributed by atoms with Gasteiger partial charge in [0.1, 0.15) is 10.7 Å². The SMILES string of the molecule is Cn1cc(S(=O)(=O)NCCc2nnc3ccccn23)cn1. The molecule has 9 heteroatoms. The average Bonchev–Trinajstić information content (AvgIpc) is 3.06. The fourth-order valence-electron chi connectivity index (χ4n) is 1.98. The van der Waals surface area contributed by atoms with Gasteiger partial charge in [-0.3, -0.25) is 9.08 Å². The predicted octanol–water partition coefficient (Wildman–Crippen LogP) is -0.0162. The van der Waals surface area contributed by atoms with Crippen molar-refractivity contribution in [3.8, 4) is 0 Å². The fourth-order valence-corrected chi connectivity index (χ4v) is 2.99. The van der Waals surface area contributed by atoms with Gasteiger partial charge in [0.25, 0.3) is 0 Å². The lowest BCUT2D eigenvalue weighted by molar-refractivity contribution is 0.580. The van der Waals surface area contributed by atoms with Crippen molar-refractivity contribution in [1.29, 1.82) is 0 Å². The second-order valence-electron chi connectivity index (χ2n) is 4.54. The van der Waals surface area contributed by atoms with Crippen LogP contribution in [0.4, 0.5) is 0 Å². The Labute approximate surface area is 121 Å². The van der Waals surface area contributed by atoms with Gasteiger partial charge in [-0.25, -0.2) is 13.1 Å². The molecule has 0 saturated heterocycles. The number of hydrogen-bond donors (Lipinski definition) is 1. The number of aromatic nitrogens is 5. The summed E-state index contributed by atoms with van der Waals surface area (Å²) >= 11 is 0. The average molecular weight is 306 g/mol. The summed E-state index contributed by atoms with van der Waals surface area (Å²) in [5, 5.41) is 11.9. The van der Waals surface area contributed by atoms with Gasteiger partial charge in [0.2, 0.25) is 10.0 Å². The van der Waals surface area contributed by atoms with Gasteiger partial charge in [-0.2, -0.15) is 5.10 Å². The van der Waals surface area contributed by atoms with Crippen molar-refractivity contribution in [1.82, 2.24) is 29.1 Å². The number of aryl methyl sites for hydroxylation is 1. The van der Waals surface area contributed by atoms with E-state index < -0.39 is 10.0 Å². The second kappa shape index (κ2) is 5.26. The van der Waals surface area contributed by atoms with Crippen molar-refractivity contribution < 1.29 is 8.42 Å². The first-order chi connectivity index (χ1) is 10.1. The lowest BCUT2D eigenvalue weighted by atomic mass is 10.4. The maximum absolute atomic E-state index is 12.0. The van der Waals surface area contributed by atoms with E-state index >= 15 is 0 Å². The van der Waals surface area contributed by atoms with E-state index in [2.05, 4.69) is 20.0 Å². The molecule has 3 heterocycles. The van der Waals surface area contributed by atoms with E-state index in [1.165, 1.54) is 17.1 Å². The highest BCUT2D eigenvalue weighted by Gasteiger charge is 2.15. The molecule has 110 valence electrons. The van der Waals surface area contributed by atoms with E-state index in [0.717, 1.165) is 5.65 Å². The Kier molecular flexibility index (Phi) is 3.43. The van der Waals surface area contributed by atoms with Crippen molar-refractivity contribution in [3.05, 3.63) is 42.6 Å². The molecular weight excluding hydrogens is 292 g/mol. The molecule has 1 N–H and O–H groups in total. The molecule has 0 aliphatic rings. The summed E-state index contributed by atoms with van der Waals surface area (Å²) in [6, 6.07) is 5.59. The van der Waals surface area contributed by atoms with Crippen LogP contribution in [0.3, 0.4) is 0 Å². The van der Waals surface area contributed by atoms with Gasteiger partial charge in [0, 0.05) is 32.4 Å². The monoisotopic (exact) mass is 306 g/mol. The molecule has 0 aliphatic carbocycles. The van der Waals surface area contributed by atoms with Crippen LogP contribution in [-0.4, -0.2) is 39.3 Å². The molecule has 0 saturated carbocycles. The van der Waals surface area contributed by atoms with Gasteiger partial charge in [-0.1, -0.05) is 6.07 Å². The van der Waals surface area contributed by atoms with Crippen LogP contribution in [0.2, 0.25) is 0 Å². The number of nitrogens with one attached hydrogen (secondary N) is 1. The Morgan fingerprint density at radius 1 is 1.29 bits per heavy atom. The third-order valence-corrected chi connectivity index (χ3v) is 4.43. The smallest absolute Gasteiger partial charge is 0.243 e. The zero-order chi connectivity index (χ0) is 14.9. The van der Waals surface area contributed by atoms with Gasteiger partial charge in [0.05, 0.1) is 6.20 Å². The van der Waals surface area contributed by atoms with Crippen LogP contribution in [-0.2, 0) is 23.5 Å². The Morgan fingerprint density at radius 3 is 2.90 bits per heavy atom. The molecule has 0 unspecified atom stereocenters. The molecule has 0 bridgehead atoms. The van der Waals surface area contributed by atoms with Crippen LogP contribution in [0.25, 0.3) is 5.65 Å². The molecule has 21 heavy (non-hydrogen) atoms. The third-order valence-electron chi connectivity index (χ3n) is 3.02. The van der Waals surface area contributed by atoms with E-state index in [4.69, 9.17) is 0 Å². The van der Waals surface area contributed by atoms with Crippen LogP contribution in [0.1, 0.15) is 5.82 Å². The van der Waals surface area contributed by atoms with Gasteiger partial charge in [0.15, 0.2) is 5.65 Å². The maximum Gasteiger partial charge on any atom is 0.243 e. The van der Waals surface area contributed by atoms with E-state index in [-0.39, 0.29) is 11.4 Å². The van der Waals surface area contributed by atoms with Crippen molar-refractivity contribution in [2.24, 2.45) is 7.05 Å². The highest BCUT2D eigenvalue weighted by atomic mass is 32.2. The van der Waals surface area contributed by atoms with E-state index in [9.17, 15) is 8.42 Å². The lowest BCUT2D eigenvalue weighted by Crippen LogP contribution is -2.26. The summed E-state index contributed by atoms with van der Waals surface area (Å²) in [5.74, 6) is 0.708. The maximum atomic E-state index is 12.0. The first kappa shape index (κ1) is 13.7. The lowest BCUT2D eigenvalue weighted by Gasteiger charge is -2.03. The number of rotatable bonds is 5. The Morgan fingerprint density at radius 2 is 2.14 bits per heavy atom. The number of pyridine rings is 1. The van der Waals surface area contributed by atoms with Crippen LogP contribution in [0.15, 0.2) is 41.7 Å². The minimum absolute atomic E-state index is 0.149. The Balaban J connectivity index is 1.69. The fraction of sp³-hybridized carbons (Fsp3) is 0.250. The number of fused-ring (bicyclic) bond motifs is 1. The minimum atomic E-state index is -3.54. The molecule has 3 aromatic heterocycles. The summed E-state index contributed by atoms with van der Waals surface area (Å²) in [7, 11) is -1.87. The van der Waals surface area contributed by atoms with Gasteiger partial charge < -0.3 is 0 Å². The Hall–Kier alpha value is -2.26. The zero-order valence-electron chi connectivity index (χ0n) is 11.3. The molecule has 0 atom stereocenters. The molecule has 0 spiro atoms. The van der Waals surface area contributed by atoms with Crippen LogP contribution >= 0.6 is 0 Å². The first-order valence-corrected chi connectivity index (χ1v) is 7.81. The topological polar surface area (TPSA) is 94.2 Å². The van der Waals surface area contributed by atoms with Crippen molar-refractivity contribution in [2.45, 2.75) is 11.3 Å². The highest BCUT2D eigenvalue weighted by molar-refractivity contribution is 7.89.